The zero-order chi connectivity index (χ0) is 14.7. The van der Waals surface area contributed by atoms with Gasteiger partial charge in [0.05, 0.1) is 17.0 Å². The highest BCUT2D eigenvalue weighted by atomic mass is 35.5. The number of nitrogen functional groups attached to an aromatic ring is 1. The maximum Gasteiger partial charge on any atom is 0.340 e. The van der Waals surface area contributed by atoms with Gasteiger partial charge in [0.1, 0.15) is 6.61 Å². The molecule has 0 radical (unpaired) electrons. The maximum absolute atomic E-state index is 12.0. The molecule has 0 saturated heterocycles. The van der Waals surface area contributed by atoms with E-state index in [1.807, 2.05) is 19.9 Å². The number of hydrogen-bond acceptors (Lipinski definition) is 4. The van der Waals surface area contributed by atoms with Crippen LogP contribution < -0.4 is 5.73 Å². The van der Waals surface area contributed by atoms with Crippen molar-refractivity contribution in [3.8, 4) is 0 Å². The molecule has 0 unspecified atom stereocenters. The molecule has 0 aliphatic rings. The summed E-state index contributed by atoms with van der Waals surface area (Å²) in [4.78, 5) is 12.0. The first-order valence-corrected chi connectivity index (χ1v) is 6.64. The fourth-order valence-corrected chi connectivity index (χ4v) is 2.08. The highest BCUT2D eigenvalue weighted by Gasteiger charge is 2.13. The van der Waals surface area contributed by atoms with Crippen LogP contribution in [0.5, 0.6) is 0 Å². The Balaban J connectivity index is 2.10. The molecule has 0 bridgehead atoms. The number of carbonyl (C=O) groups excluding carboxylic acids is 1. The Labute approximate surface area is 122 Å². The van der Waals surface area contributed by atoms with E-state index >= 15 is 0 Å². The maximum atomic E-state index is 12.0. The summed E-state index contributed by atoms with van der Waals surface area (Å²) in [5, 5.41) is 4.74. The van der Waals surface area contributed by atoms with E-state index in [1.165, 1.54) is 6.07 Å². The molecule has 0 aliphatic heterocycles. The SMILES string of the molecule is CCn1nc(C)cc1COC(=O)c1cc(Cl)ccc1N. The van der Waals surface area contributed by atoms with Gasteiger partial charge >= 0.3 is 5.97 Å². The second-order valence-electron chi connectivity index (χ2n) is 4.40. The molecule has 0 atom stereocenters. The molecule has 20 heavy (non-hydrogen) atoms. The van der Waals surface area contributed by atoms with Crippen molar-refractivity contribution in [2.75, 3.05) is 5.73 Å². The Hall–Kier alpha value is -2.01. The third kappa shape index (κ3) is 3.11. The number of nitrogens with zero attached hydrogens (tertiary/aromatic N) is 2. The molecule has 0 saturated carbocycles. The van der Waals surface area contributed by atoms with Gasteiger partial charge in [-0.1, -0.05) is 11.6 Å². The number of ether oxygens (including phenoxy) is 1. The monoisotopic (exact) mass is 293 g/mol. The second kappa shape index (κ2) is 5.96. The van der Waals surface area contributed by atoms with Gasteiger partial charge in [-0.2, -0.15) is 5.10 Å². The fourth-order valence-electron chi connectivity index (χ4n) is 1.91. The third-order valence-corrected chi connectivity index (χ3v) is 3.11. The van der Waals surface area contributed by atoms with Crippen molar-refractivity contribution in [3.63, 3.8) is 0 Å². The van der Waals surface area contributed by atoms with Crippen LogP contribution >= 0.6 is 11.6 Å². The van der Waals surface area contributed by atoms with Crippen LogP contribution in [0.4, 0.5) is 5.69 Å². The van der Waals surface area contributed by atoms with Crippen molar-refractivity contribution in [1.82, 2.24) is 9.78 Å². The Morgan fingerprint density at radius 3 is 2.90 bits per heavy atom. The van der Waals surface area contributed by atoms with Crippen LogP contribution in [-0.4, -0.2) is 15.7 Å². The van der Waals surface area contributed by atoms with Gasteiger partial charge in [-0.3, -0.25) is 4.68 Å². The smallest absolute Gasteiger partial charge is 0.340 e. The van der Waals surface area contributed by atoms with Gasteiger partial charge in [0.2, 0.25) is 0 Å². The van der Waals surface area contributed by atoms with Gasteiger partial charge < -0.3 is 10.5 Å². The highest BCUT2D eigenvalue weighted by molar-refractivity contribution is 6.31. The van der Waals surface area contributed by atoms with Crippen molar-refractivity contribution in [2.24, 2.45) is 0 Å². The van der Waals surface area contributed by atoms with Crippen molar-refractivity contribution >= 4 is 23.3 Å². The van der Waals surface area contributed by atoms with Crippen LogP contribution in [0.15, 0.2) is 24.3 Å². The Morgan fingerprint density at radius 1 is 1.45 bits per heavy atom. The summed E-state index contributed by atoms with van der Waals surface area (Å²) in [6.45, 7) is 4.75. The minimum absolute atomic E-state index is 0.152. The van der Waals surface area contributed by atoms with E-state index in [-0.39, 0.29) is 12.2 Å². The topological polar surface area (TPSA) is 70.1 Å². The van der Waals surface area contributed by atoms with Gasteiger partial charge in [0.25, 0.3) is 0 Å². The van der Waals surface area contributed by atoms with Crippen LogP contribution in [0.3, 0.4) is 0 Å². The highest BCUT2D eigenvalue weighted by Crippen LogP contribution is 2.19. The zero-order valence-corrected chi connectivity index (χ0v) is 12.1. The molecule has 0 fully saturated rings. The lowest BCUT2D eigenvalue weighted by atomic mass is 10.2. The summed E-state index contributed by atoms with van der Waals surface area (Å²) < 4.78 is 7.06. The van der Waals surface area contributed by atoms with Gasteiger partial charge in [-0.05, 0) is 38.1 Å². The standard InChI is InChI=1S/C14H16ClN3O2/c1-3-18-11(6-9(2)17-18)8-20-14(19)12-7-10(15)4-5-13(12)16/h4-7H,3,8,16H2,1-2H3. The largest absolute Gasteiger partial charge is 0.456 e. The summed E-state index contributed by atoms with van der Waals surface area (Å²) in [6, 6.07) is 6.60. The van der Waals surface area contributed by atoms with E-state index in [0.29, 0.717) is 10.7 Å². The van der Waals surface area contributed by atoms with Crippen LogP contribution in [0.1, 0.15) is 28.7 Å². The van der Waals surface area contributed by atoms with Gasteiger partial charge in [0.15, 0.2) is 0 Å². The quantitative estimate of drug-likeness (QED) is 0.695. The normalized spacial score (nSPS) is 10.6. The molecule has 5 nitrogen and oxygen atoms in total. The molecule has 1 aromatic carbocycles. The molecule has 106 valence electrons. The van der Waals surface area contributed by atoms with Crippen LogP contribution in [-0.2, 0) is 17.9 Å². The minimum atomic E-state index is -0.494. The zero-order valence-electron chi connectivity index (χ0n) is 11.4. The molecular formula is C14H16ClN3O2. The van der Waals surface area contributed by atoms with Crippen molar-refractivity contribution in [2.45, 2.75) is 27.0 Å². The van der Waals surface area contributed by atoms with E-state index < -0.39 is 5.97 Å². The van der Waals surface area contributed by atoms with Crippen molar-refractivity contribution in [3.05, 3.63) is 46.2 Å². The number of hydrogen-bond donors (Lipinski definition) is 1. The van der Waals surface area contributed by atoms with Crippen molar-refractivity contribution < 1.29 is 9.53 Å². The third-order valence-electron chi connectivity index (χ3n) is 2.87. The molecule has 2 aromatic rings. The summed E-state index contributed by atoms with van der Waals surface area (Å²) in [7, 11) is 0. The number of aromatic nitrogens is 2. The molecule has 2 rings (SSSR count). The summed E-state index contributed by atoms with van der Waals surface area (Å²) in [5.74, 6) is -0.494. The average Bonchev–Trinajstić information content (AvgIpc) is 2.79. The van der Waals surface area contributed by atoms with E-state index in [2.05, 4.69) is 5.10 Å². The van der Waals surface area contributed by atoms with Gasteiger partial charge in [-0.15, -0.1) is 0 Å². The first-order chi connectivity index (χ1) is 9.51. The molecular weight excluding hydrogens is 278 g/mol. The number of esters is 1. The minimum Gasteiger partial charge on any atom is -0.456 e. The first-order valence-electron chi connectivity index (χ1n) is 6.26. The number of benzene rings is 1. The van der Waals surface area contributed by atoms with Crippen LogP contribution in [0.25, 0.3) is 0 Å². The van der Waals surface area contributed by atoms with Crippen LogP contribution in [0.2, 0.25) is 5.02 Å². The second-order valence-corrected chi connectivity index (χ2v) is 4.84. The molecule has 2 N–H and O–H groups in total. The van der Waals surface area contributed by atoms with E-state index in [4.69, 9.17) is 22.1 Å². The Kier molecular flexibility index (Phi) is 4.29. The van der Waals surface area contributed by atoms with Crippen molar-refractivity contribution in [1.29, 1.82) is 0 Å². The van der Waals surface area contributed by atoms with E-state index in [9.17, 15) is 4.79 Å². The lowest BCUT2D eigenvalue weighted by Gasteiger charge is -2.08. The summed E-state index contributed by atoms with van der Waals surface area (Å²) in [5.41, 5.74) is 8.10. The fraction of sp³-hybridized carbons (Fsp3) is 0.286. The number of nitrogens with two attached hydrogens (primary N) is 1. The lowest BCUT2D eigenvalue weighted by Crippen LogP contribution is -2.11. The van der Waals surface area contributed by atoms with E-state index in [0.717, 1.165) is 17.9 Å². The van der Waals surface area contributed by atoms with E-state index in [1.54, 1.807) is 16.8 Å². The van der Waals surface area contributed by atoms with Crippen LogP contribution in [0, 0.1) is 6.92 Å². The molecule has 6 heteroatoms. The average molecular weight is 294 g/mol. The number of halogens is 1. The Bertz CT molecular complexity index is 637. The summed E-state index contributed by atoms with van der Waals surface area (Å²) >= 11 is 5.85. The molecule has 0 spiro atoms. The van der Waals surface area contributed by atoms with Gasteiger partial charge in [0, 0.05) is 17.3 Å². The lowest BCUT2D eigenvalue weighted by molar-refractivity contribution is 0.0463. The number of anilines is 1. The predicted molar refractivity (Wildman–Crippen MR) is 77.6 cm³/mol. The molecule has 1 aromatic heterocycles. The Morgan fingerprint density at radius 2 is 2.20 bits per heavy atom. The molecule has 1 heterocycles. The number of rotatable bonds is 4. The number of aryl methyl sites for hydroxylation is 2. The van der Waals surface area contributed by atoms with Gasteiger partial charge in [-0.25, -0.2) is 4.79 Å². The summed E-state index contributed by atoms with van der Waals surface area (Å²) in [6.07, 6.45) is 0. The number of carbonyl (C=O) groups is 1. The molecule has 0 aliphatic carbocycles. The first kappa shape index (κ1) is 14.4. The molecule has 0 amide bonds. The predicted octanol–water partition coefficient (Wildman–Crippen LogP) is 2.80.